The highest BCUT2D eigenvalue weighted by atomic mass is 32.2. The Morgan fingerprint density at radius 1 is 0.738 bits per heavy atom. The van der Waals surface area contributed by atoms with Gasteiger partial charge in [0.15, 0.2) is 0 Å². The maximum absolute atomic E-state index is 13.6. The van der Waals surface area contributed by atoms with Crippen LogP contribution in [0.5, 0.6) is 0 Å². The Morgan fingerprint density at radius 2 is 1.26 bits per heavy atom. The van der Waals surface area contributed by atoms with Crippen molar-refractivity contribution >= 4 is 34.9 Å². The first-order valence-electron chi connectivity index (χ1n) is 12.0. The molecule has 208 valence electrons. The predicted octanol–water partition coefficient (Wildman–Crippen LogP) is 7.77. The molecule has 0 fully saturated rings. The van der Waals surface area contributed by atoms with Crippen molar-refractivity contribution in [2.75, 3.05) is 0 Å². The van der Waals surface area contributed by atoms with Crippen molar-refractivity contribution in [2.24, 2.45) is 0 Å². The third kappa shape index (κ3) is 4.88. The van der Waals surface area contributed by atoms with Gasteiger partial charge in [-0.25, -0.2) is 20.2 Å². The fourth-order valence-corrected chi connectivity index (χ4v) is 7.28. The van der Waals surface area contributed by atoms with E-state index in [1.54, 1.807) is 0 Å². The van der Waals surface area contributed by atoms with Crippen molar-refractivity contribution < 1.29 is 26.3 Å². The SMILES string of the molecule is [C-]#[N+]/C(C#N)=c1\c2c(/c(=C(/C#N)[N+]#[C-])c3c1Cc1c(SC(F)(F)F)cc(SC(F)(F)F)cc1-3)-c1cc(C)cc(C)c1C2. The summed E-state index contributed by atoms with van der Waals surface area (Å²) in [5, 5.41) is 20.2. The van der Waals surface area contributed by atoms with E-state index in [2.05, 4.69) is 9.69 Å². The molecule has 0 aromatic heterocycles. The molecule has 0 heterocycles. The van der Waals surface area contributed by atoms with E-state index in [4.69, 9.17) is 13.1 Å². The highest BCUT2D eigenvalue weighted by molar-refractivity contribution is 8.01. The van der Waals surface area contributed by atoms with E-state index in [1.165, 1.54) is 0 Å². The molecule has 0 atom stereocenters. The molecule has 0 amide bonds. The van der Waals surface area contributed by atoms with Gasteiger partial charge < -0.3 is 0 Å². The van der Waals surface area contributed by atoms with Crippen molar-refractivity contribution in [3.63, 3.8) is 0 Å². The minimum absolute atomic E-state index is 0.00143. The predicted molar refractivity (Wildman–Crippen MR) is 147 cm³/mol. The van der Waals surface area contributed by atoms with Crippen LogP contribution in [0, 0.1) is 49.7 Å². The number of rotatable bonds is 2. The van der Waals surface area contributed by atoms with Gasteiger partial charge in [0, 0.05) is 15.0 Å². The molecule has 5 rings (SSSR count). The van der Waals surface area contributed by atoms with Crippen LogP contribution in [0.4, 0.5) is 26.3 Å². The topological polar surface area (TPSA) is 56.3 Å². The monoisotopic (exact) mass is 608 g/mol. The molecule has 0 saturated carbocycles. The van der Waals surface area contributed by atoms with Crippen LogP contribution >= 0.6 is 23.5 Å². The van der Waals surface area contributed by atoms with Gasteiger partial charge in [0.05, 0.1) is 25.3 Å². The molecule has 3 aromatic rings. The molecule has 2 aliphatic rings. The average molecular weight is 609 g/mol. The Balaban J connectivity index is 2.07. The van der Waals surface area contributed by atoms with Crippen molar-refractivity contribution in [3.05, 3.63) is 90.9 Å². The lowest BCUT2D eigenvalue weighted by Gasteiger charge is -2.15. The zero-order valence-electron chi connectivity index (χ0n) is 21.6. The van der Waals surface area contributed by atoms with Crippen molar-refractivity contribution in [3.8, 4) is 34.4 Å². The van der Waals surface area contributed by atoms with Crippen LogP contribution in [0.2, 0.25) is 0 Å². The maximum atomic E-state index is 13.6. The Morgan fingerprint density at radius 3 is 1.79 bits per heavy atom. The Bertz CT molecular complexity index is 2000. The maximum Gasteiger partial charge on any atom is 0.446 e. The summed E-state index contributed by atoms with van der Waals surface area (Å²) in [5.74, 6) is 0. The van der Waals surface area contributed by atoms with E-state index < -0.39 is 50.0 Å². The van der Waals surface area contributed by atoms with Crippen LogP contribution in [0.3, 0.4) is 0 Å². The number of halogens is 6. The van der Waals surface area contributed by atoms with E-state index >= 15 is 0 Å². The van der Waals surface area contributed by atoms with Gasteiger partial charge in [-0.15, -0.1) is 0 Å². The first-order valence-corrected chi connectivity index (χ1v) is 13.6. The summed E-state index contributed by atoms with van der Waals surface area (Å²) in [4.78, 5) is 5.83. The molecule has 2 aliphatic carbocycles. The van der Waals surface area contributed by atoms with E-state index in [0.29, 0.717) is 16.7 Å². The van der Waals surface area contributed by atoms with Crippen LogP contribution in [0.1, 0.15) is 33.4 Å². The van der Waals surface area contributed by atoms with Crippen molar-refractivity contribution in [2.45, 2.75) is 47.5 Å². The second-order valence-electron chi connectivity index (χ2n) is 9.61. The fourth-order valence-electron chi connectivity index (χ4n) is 5.85. The van der Waals surface area contributed by atoms with Crippen LogP contribution < -0.4 is 10.4 Å². The Hall–Kier alpha value is -4.36. The molecular weight excluding hydrogens is 594 g/mol. The normalized spacial score (nSPS) is 14.4. The molecule has 4 nitrogen and oxygen atoms in total. The second kappa shape index (κ2) is 10.2. The van der Waals surface area contributed by atoms with Gasteiger partial charge in [-0.3, -0.25) is 0 Å². The number of nitrogens with zero attached hydrogens (tertiary/aromatic N) is 4. The summed E-state index contributed by atoms with van der Waals surface area (Å²) in [7, 11) is 0. The van der Waals surface area contributed by atoms with Crippen LogP contribution in [-0.2, 0) is 12.8 Å². The Labute approximate surface area is 244 Å². The minimum atomic E-state index is -4.83. The first kappa shape index (κ1) is 29.1. The van der Waals surface area contributed by atoms with Crippen molar-refractivity contribution in [1.82, 2.24) is 0 Å². The molecule has 3 aromatic carbocycles. The minimum Gasteiger partial charge on any atom is -0.226 e. The van der Waals surface area contributed by atoms with Crippen LogP contribution in [0.15, 0.2) is 34.1 Å². The number of benzene rings is 3. The van der Waals surface area contributed by atoms with Gasteiger partial charge >= 0.3 is 11.0 Å². The number of alkyl halides is 6. The highest BCUT2D eigenvalue weighted by Gasteiger charge is 2.38. The summed E-state index contributed by atoms with van der Waals surface area (Å²) in [6.45, 7) is 19.2. The zero-order valence-corrected chi connectivity index (χ0v) is 23.2. The third-order valence-corrected chi connectivity index (χ3v) is 8.64. The first-order chi connectivity index (χ1) is 19.7. The van der Waals surface area contributed by atoms with Gasteiger partial charge in [-0.1, -0.05) is 17.7 Å². The molecular formula is C30H14F6N4S2. The standard InChI is InChI=1S/C30H14F6N4S2/c1-13-5-14(2)16-9-20-25(22(11-37)39-3)21-10-17-19(27(21)28(23(12-38)40-4)26(20)18(16)6-13)7-15(41-29(31,32)33)8-24(17)42-30(34,35)36/h5-8H,9-10H2,1-2H3/b25-22+,28-23+. The van der Waals surface area contributed by atoms with Gasteiger partial charge in [0.2, 0.25) is 0 Å². The second-order valence-corrected chi connectivity index (χ2v) is 11.9. The molecule has 0 radical (unpaired) electrons. The van der Waals surface area contributed by atoms with Crippen molar-refractivity contribution in [1.29, 1.82) is 10.5 Å². The highest BCUT2D eigenvalue weighted by Crippen LogP contribution is 2.50. The molecule has 0 saturated heterocycles. The summed E-state index contributed by atoms with van der Waals surface area (Å²) >= 11 is -1.13. The van der Waals surface area contributed by atoms with E-state index in [0.717, 1.165) is 28.8 Å². The lowest BCUT2D eigenvalue weighted by atomic mass is 9.90. The summed E-state index contributed by atoms with van der Waals surface area (Å²) < 4.78 is 81.2. The quantitative estimate of drug-likeness (QED) is 0.117. The number of hydrogen-bond donors (Lipinski definition) is 0. The van der Waals surface area contributed by atoms with Gasteiger partial charge in [-0.05, 0) is 118 Å². The molecule has 0 aliphatic heterocycles. The molecule has 0 bridgehead atoms. The zero-order chi connectivity index (χ0) is 30.7. The van der Waals surface area contributed by atoms with E-state index in [1.807, 2.05) is 38.1 Å². The lowest BCUT2D eigenvalue weighted by molar-refractivity contribution is -0.0334. The summed E-state index contributed by atoms with van der Waals surface area (Å²) in [6.07, 6.45) is 0.000895. The average Bonchev–Trinajstić information content (AvgIpc) is 3.44. The van der Waals surface area contributed by atoms with Crippen LogP contribution in [0.25, 0.3) is 43.3 Å². The van der Waals surface area contributed by atoms with Gasteiger partial charge in [0.1, 0.15) is 0 Å². The molecule has 42 heavy (non-hydrogen) atoms. The van der Waals surface area contributed by atoms with E-state index in [9.17, 15) is 36.9 Å². The lowest BCUT2D eigenvalue weighted by Crippen LogP contribution is -2.25. The van der Waals surface area contributed by atoms with Gasteiger partial charge in [-0.2, -0.15) is 26.3 Å². The fraction of sp³-hybridized carbons (Fsp3) is 0.200. The van der Waals surface area contributed by atoms with Crippen LogP contribution in [-0.4, -0.2) is 11.0 Å². The van der Waals surface area contributed by atoms with Gasteiger partial charge in [0.25, 0.3) is 11.4 Å². The number of nitriles is 2. The number of hydrogen-bond acceptors (Lipinski definition) is 4. The third-order valence-electron chi connectivity index (χ3n) is 7.12. The molecule has 0 unspecified atom stereocenters. The number of fused-ring (bicyclic) bond motifs is 6. The molecule has 0 N–H and O–H groups in total. The Kier molecular flexibility index (Phi) is 7.06. The molecule has 12 heteroatoms. The molecule has 0 spiro atoms. The summed E-state index contributed by atoms with van der Waals surface area (Å²) in [6, 6.07) is 9.42. The van der Waals surface area contributed by atoms with E-state index in [-0.39, 0.29) is 51.2 Å². The smallest absolute Gasteiger partial charge is 0.226 e. The summed E-state index contributed by atoms with van der Waals surface area (Å²) in [5.41, 5.74) is -5.89. The largest absolute Gasteiger partial charge is 0.446 e. The number of aryl methyl sites for hydroxylation is 2. The number of thioether (sulfide) groups is 2.